The molecule has 0 unspecified atom stereocenters. The summed E-state index contributed by atoms with van der Waals surface area (Å²) in [6.07, 6.45) is 15.7. The van der Waals surface area contributed by atoms with Gasteiger partial charge in [0.25, 0.3) is 0 Å². The predicted molar refractivity (Wildman–Crippen MR) is 80.2 cm³/mol. The fourth-order valence-corrected chi connectivity index (χ4v) is 6.15. The summed E-state index contributed by atoms with van der Waals surface area (Å²) < 4.78 is 0. The van der Waals surface area contributed by atoms with Crippen LogP contribution in [-0.2, 0) is 4.79 Å². The third-order valence-corrected chi connectivity index (χ3v) is 6.71. The number of rotatable bonds is 2. The topological polar surface area (TPSA) is 29.1 Å². The summed E-state index contributed by atoms with van der Waals surface area (Å²) in [5, 5.41) is 3.48. The summed E-state index contributed by atoms with van der Waals surface area (Å²) >= 11 is 0. The van der Waals surface area contributed by atoms with Crippen LogP contribution in [0.1, 0.15) is 77.0 Å². The molecule has 0 aliphatic heterocycles. The van der Waals surface area contributed by atoms with Gasteiger partial charge < -0.3 is 5.32 Å². The van der Waals surface area contributed by atoms with Crippen molar-refractivity contribution in [1.82, 2.24) is 5.32 Å². The van der Waals surface area contributed by atoms with Crippen molar-refractivity contribution in [2.45, 2.75) is 83.1 Å². The first-order chi connectivity index (χ1) is 9.73. The van der Waals surface area contributed by atoms with E-state index in [0.717, 1.165) is 17.8 Å². The van der Waals surface area contributed by atoms with Crippen LogP contribution >= 0.6 is 0 Å². The molecule has 2 heteroatoms. The molecule has 5 aliphatic rings. The summed E-state index contributed by atoms with van der Waals surface area (Å²) in [5.74, 6) is 3.08. The van der Waals surface area contributed by atoms with Gasteiger partial charge in [0.1, 0.15) is 0 Å². The SMILES string of the molecule is O=C(NC1CCCCCC1)C12CC3CC(CC(C3)C1)C2. The van der Waals surface area contributed by atoms with E-state index in [1.54, 1.807) is 0 Å². The first kappa shape index (κ1) is 13.2. The van der Waals surface area contributed by atoms with Gasteiger partial charge in [-0.15, -0.1) is 0 Å². The molecule has 0 aromatic heterocycles. The molecule has 5 saturated carbocycles. The Morgan fingerprint density at radius 1 is 0.800 bits per heavy atom. The largest absolute Gasteiger partial charge is 0.353 e. The molecule has 0 atom stereocenters. The Labute approximate surface area is 123 Å². The van der Waals surface area contributed by atoms with Crippen LogP contribution in [0.4, 0.5) is 0 Å². The smallest absolute Gasteiger partial charge is 0.226 e. The summed E-state index contributed by atoms with van der Waals surface area (Å²) in [4.78, 5) is 13.0. The highest BCUT2D eigenvalue weighted by atomic mass is 16.2. The molecule has 5 rings (SSSR count). The van der Waals surface area contributed by atoms with Crippen LogP contribution in [0.5, 0.6) is 0 Å². The highest BCUT2D eigenvalue weighted by Gasteiger charge is 2.54. The third-order valence-electron chi connectivity index (χ3n) is 6.71. The molecule has 1 N–H and O–H groups in total. The lowest BCUT2D eigenvalue weighted by Crippen LogP contribution is -2.55. The standard InChI is InChI=1S/C18H29NO/c20-17(19-16-5-3-1-2-4-6-16)18-10-13-7-14(11-18)9-15(8-13)12-18/h13-16H,1-12H2,(H,19,20). The molecule has 0 saturated heterocycles. The Kier molecular flexibility index (Phi) is 3.31. The monoisotopic (exact) mass is 275 g/mol. The minimum atomic E-state index is 0.0566. The van der Waals surface area contributed by atoms with Gasteiger partial charge in [0.2, 0.25) is 5.91 Å². The fraction of sp³-hybridized carbons (Fsp3) is 0.944. The maximum absolute atomic E-state index is 13.0. The zero-order chi connectivity index (χ0) is 13.6. The number of carbonyl (C=O) groups excluding carboxylic acids is 1. The first-order valence-electron chi connectivity index (χ1n) is 9.04. The van der Waals surface area contributed by atoms with Crippen LogP contribution in [0.15, 0.2) is 0 Å². The highest BCUT2D eigenvalue weighted by molar-refractivity contribution is 5.83. The molecule has 0 aromatic rings. The zero-order valence-corrected chi connectivity index (χ0v) is 12.7. The van der Waals surface area contributed by atoms with Crippen LogP contribution in [0, 0.1) is 23.2 Å². The molecule has 2 nitrogen and oxygen atoms in total. The van der Waals surface area contributed by atoms with E-state index in [2.05, 4.69) is 5.32 Å². The highest BCUT2D eigenvalue weighted by Crippen LogP contribution is 2.60. The lowest BCUT2D eigenvalue weighted by Gasteiger charge is -2.55. The molecular formula is C18H29NO. The second kappa shape index (κ2) is 5.03. The molecular weight excluding hydrogens is 246 g/mol. The van der Waals surface area contributed by atoms with Gasteiger partial charge in [-0.3, -0.25) is 4.79 Å². The van der Waals surface area contributed by atoms with Gasteiger partial charge in [0, 0.05) is 11.5 Å². The van der Waals surface area contributed by atoms with Crippen molar-refractivity contribution in [2.24, 2.45) is 23.2 Å². The van der Waals surface area contributed by atoms with Crippen LogP contribution < -0.4 is 5.32 Å². The molecule has 20 heavy (non-hydrogen) atoms. The van der Waals surface area contributed by atoms with Gasteiger partial charge in [0.15, 0.2) is 0 Å². The molecule has 1 amide bonds. The lowest BCUT2D eigenvalue weighted by atomic mass is 9.49. The van der Waals surface area contributed by atoms with Crippen molar-refractivity contribution in [2.75, 3.05) is 0 Å². The Morgan fingerprint density at radius 2 is 1.30 bits per heavy atom. The molecule has 112 valence electrons. The molecule has 0 aromatic carbocycles. The molecule has 0 spiro atoms. The van der Waals surface area contributed by atoms with Gasteiger partial charge in [-0.25, -0.2) is 0 Å². The summed E-state index contributed by atoms with van der Waals surface area (Å²) in [7, 11) is 0. The average Bonchev–Trinajstić information content (AvgIpc) is 2.65. The fourth-order valence-electron chi connectivity index (χ4n) is 6.15. The molecule has 4 bridgehead atoms. The van der Waals surface area contributed by atoms with E-state index in [1.807, 2.05) is 0 Å². The second-order valence-corrected chi connectivity index (χ2v) is 8.36. The van der Waals surface area contributed by atoms with Crippen molar-refractivity contribution in [3.63, 3.8) is 0 Å². The summed E-state index contributed by atoms with van der Waals surface area (Å²) in [6.45, 7) is 0. The summed E-state index contributed by atoms with van der Waals surface area (Å²) in [6, 6.07) is 0.484. The molecule has 0 heterocycles. The Bertz CT molecular complexity index is 346. The average molecular weight is 275 g/mol. The van der Waals surface area contributed by atoms with Crippen molar-refractivity contribution in [3.8, 4) is 0 Å². The van der Waals surface area contributed by atoms with Crippen LogP contribution in [-0.4, -0.2) is 11.9 Å². The Hall–Kier alpha value is -0.530. The van der Waals surface area contributed by atoms with E-state index in [0.29, 0.717) is 11.9 Å². The van der Waals surface area contributed by atoms with Gasteiger partial charge in [-0.05, 0) is 69.1 Å². The molecule has 5 fully saturated rings. The number of hydrogen-bond donors (Lipinski definition) is 1. The lowest BCUT2D eigenvalue weighted by molar-refractivity contribution is -0.147. The van der Waals surface area contributed by atoms with E-state index in [9.17, 15) is 4.79 Å². The minimum absolute atomic E-state index is 0.0566. The number of nitrogens with one attached hydrogen (secondary N) is 1. The van der Waals surface area contributed by atoms with Gasteiger partial charge in [0.05, 0.1) is 0 Å². The predicted octanol–water partition coefficient (Wildman–Crippen LogP) is 4.04. The van der Waals surface area contributed by atoms with Crippen LogP contribution in [0.25, 0.3) is 0 Å². The zero-order valence-electron chi connectivity index (χ0n) is 12.7. The Morgan fingerprint density at radius 3 is 1.80 bits per heavy atom. The van der Waals surface area contributed by atoms with Gasteiger partial charge >= 0.3 is 0 Å². The normalized spacial score (nSPS) is 44.3. The molecule has 5 aliphatic carbocycles. The van der Waals surface area contributed by atoms with Crippen molar-refractivity contribution >= 4 is 5.91 Å². The van der Waals surface area contributed by atoms with E-state index in [-0.39, 0.29) is 5.41 Å². The summed E-state index contributed by atoms with van der Waals surface area (Å²) in [5.41, 5.74) is 0.0566. The second-order valence-electron chi connectivity index (χ2n) is 8.36. The van der Waals surface area contributed by atoms with E-state index in [4.69, 9.17) is 0 Å². The number of amides is 1. The maximum Gasteiger partial charge on any atom is 0.226 e. The van der Waals surface area contributed by atoms with Gasteiger partial charge in [-0.1, -0.05) is 25.7 Å². The van der Waals surface area contributed by atoms with Crippen LogP contribution in [0.3, 0.4) is 0 Å². The van der Waals surface area contributed by atoms with Crippen molar-refractivity contribution in [1.29, 1.82) is 0 Å². The number of hydrogen-bond acceptors (Lipinski definition) is 1. The molecule has 0 radical (unpaired) electrons. The van der Waals surface area contributed by atoms with E-state index < -0.39 is 0 Å². The van der Waals surface area contributed by atoms with Crippen molar-refractivity contribution in [3.05, 3.63) is 0 Å². The minimum Gasteiger partial charge on any atom is -0.353 e. The maximum atomic E-state index is 13.0. The first-order valence-corrected chi connectivity index (χ1v) is 9.04. The number of carbonyl (C=O) groups is 1. The van der Waals surface area contributed by atoms with E-state index in [1.165, 1.54) is 77.0 Å². The Balaban J connectivity index is 1.45. The van der Waals surface area contributed by atoms with Crippen molar-refractivity contribution < 1.29 is 4.79 Å². The van der Waals surface area contributed by atoms with E-state index >= 15 is 0 Å². The third kappa shape index (κ3) is 2.29. The van der Waals surface area contributed by atoms with Gasteiger partial charge in [-0.2, -0.15) is 0 Å². The quantitative estimate of drug-likeness (QED) is 0.757. The van der Waals surface area contributed by atoms with Crippen LogP contribution in [0.2, 0.25) is 0 Å².